The Morgan fingerprint density at radius 2 is 1.38 bits per heavy atom. The zero-order valence-electron chi connectivity index (χ0n) is 8.84. The zero-order valence-corrected chi connectivity index (χ0v) is 8.84. The number of hydrogen-bond donors (Lipinski definition) is 0. The SMILES string of the molecule is CC1CCC1C1CCC1C1CCC1. The van der Waals surface area contributed by atoms with Gasteiger partial charge in [0.05, 0.1) is 0 Å². The average molecular weight is 178 g/mol. The Kier molecular flexibility index (Phi) is 1.92. The first-order chi connectivity index (χ1) is 6.36. The molecule has 0 aliphatic heterocycles. The van der Waals surface area contributed by atoms with Crippen molar-refractivity contribution in [2.75, 3.05) is 0 Å². The molecule has 0 aromatic heterocycles. The van der Waals surface area contributed by atoms with Crippen molar-refractivity contribution in [1.82, 2.24) is 0 Å². The molecule has 0 nitrogen and oxygen atoms in total. The molecule has 0 N–H and O–H groups in total. The van der Waals surface area contributed by atoms with E-state index in [4.69, 9.17) is 0 Å². The molecular weight excluding hydrogens is 156 g/mol. The van der Waals surface area contributed by atoms with E-state index in [0.29, 0.717) is 0 Å². The molecule has 0 aromatic rings. The van der Waals surface area contributed by atoms with Crippen LogP contribution in [0, 0.1) is 29.6 Å². The predicted octanol–water partition coefficient (Wildman–Crippen LogP) is 3.86. The van der Waals surface area contributed by atoms with Gasteiger partial charge in [0.25, 0.3) is 0 Å². The Bertz CT molecular complexity index is 192. The minimum absolute atomic E-state index is 1.08. The summed E-state index contributed by atoms with van der Waals surface area (Å²) in [4.78, 5) is 0. The zero-order chi connectivity index (χ0) is 8.84. The molecule has 13 heavy (non-hydrogen) atoms. The van der Waals surface area contributed by atoms with Crippen LogP contribution in [-0.4, -0.2) is 0 Å². The fourth-order valence-corrected chi connectivity index (χ4v) is 3.86. The quantitative estimate of drug-likeness (QED) is 0.602. The van der Waals surface area contributed by atoms with E-state index in [1.807, 2.05) is 0 Å². The largest absolute Gasteiger partial charge is 0.0622 e. The smallest absolute Gasteiger partial charge is 0.0352 e. The van der Waals surface area contributed by atoms with Crippen molar-refractivity contribution in [3.05, 3.63) is 0 Å². The van der Waals surface area contributed by atoms with Crippen LogP contribution in [0.25, 0.3) is 0 Å². The van der Waals surface area contributed by atoms with Crippen molar-refractivity contribution in [2.24, 2.45) is 29.6 Å². The lowest BCUT2D eigenvalue weighted by atomic mass is 9.52. The second-order valence-corrected chi connectivity index (χ2v) is 5.81. The lowest BCUT2D eigenvalue weighted by molar-refractivity contribution is -0.0348. The van der Waals surface area contributed by atoms with Gasteiger partial charge in [0.2, 0.25) is 0 Å². The van der Waals surface area contributed by atoms with Crippen LogP contribution in [0.15, 0.2) is 0 Å². The highest BCUT2D eigenvalue weighted by atomic mass is 14.5. The van der Waals surface area contributed by atoms with E-state index in [-0.39, 0.29) is 0 Å². The third kappa shape index (κ3) is 1.17. The predicted molar refractivity (Wildman–Crippen MR) is 55.4 cm³/mol. The van der Waals surface area contributed by atoms with Crippen LogP contribution in [0.1, 0.15) is 51.9 Å². The van der Waals surface area contributed by atoms with Gasteiger partial charge in [-0.1, -0.05) is 32.6 Å². The summed E-state index contributed by atoms with van der Waals surface area (Å²) in [6.07, 6.45) is 10.9. The molecule has 0 spiro atoms. The molecule has 0 aromatic carbocycles. The maximum atomic E-state index is 2.48. The Morgan fingerprint density at radius 3 is 1.69 bits per heavy atom. The highest BCUT2D eigenvalue weighted by molar-refractivity contribution is 4.96. The molecule has 0 saturated heterocycles. The first kappa shape index (κ1) is 8.32. The van der Waals surface area contributed by atoms with Crippen molar-refractivity contribution in [2.45, 2.75) is 51.9 Å². The lowest BCUT2D eigenvalue weighted by Gasteiger charge is -2.53. The van der Waals surface area contributed by atoms with Gasteiger partial charge < -0.3 is 0 Å². The molecule has 0 heteroatoms. The number of rotatable bonds is 2. The molecule has 0 amide bonds. The summed E-state index contributed by atoms with van der Waals surface area (Å²) < 4.78 is 0. The van der Waals surface area contributed by atoms with E-state index in [2.05, 4.69) is 6.92 Å². The van der Waals surface area contributed by atoms with Crippen molar-refractivity contribution >= 4 is 0 Å². The third-order valence-corrected chi connectivity index (χ3v) is 5.37. The molecule has 4 atom stereocenters. The van der Waals surface area contributed by atoms with Crippen LogP contribution in [0.4, 0.5) is 0 Å². The van der Waals surface area contributed by atoms with Crippen molar-refractivity contribution in [3.8, 4) is 0 Å². The van der Waals surface area contributed by atoms with Gasteiger partial charge in [0.15, 0.2) is 0 Å². The Labute approximate surface area is 82.1 Å². The van der Waals surface area contributed by atoms with E-state index in [1.54, 1.807) is 32.1 Å². The standard InChI is InChI=1S/C13H22/c1-9-5-6-11(9)13-8-7-12(13)10-3-2-4-10/h9-13H,2-8H2,1H3. The Morgan fingerprint density at radius 1 is 0.692 bits per heavy atom. The van der Waals surface area contributed by atoms with Gasteiger partial charge in [-0.25, -0.2) is 0 Å². The van der Waals surface area contributed by atoms with E-state index in [1.165, 1.54) is 30.6 Å². The molecule has 0 radical (unpaired) electrons. The third-order valence-electron chi connectivity index (χ3n) is 5.37. The van der Waals surface area contributed by atoms with Crippen LogP contribution in [-0.2, 0) is 0 Å². The molecule has 4 unspecified atom stereocenters. The second-order valence-electron chi connectivity index (χ2n) is 5.81. The minimum atomic E-state index is 1.08. The van der Waals surface area contributed by atoms with Crippen molar-refractivity contribution in [3.63, 3.8) is 0 Å². The van der Waals surface area contributed by atoms with E-state index >= 15 is 0 Å². The van der Waals surface area contributed by atoms with Gasteiger partial charge in [-0.05, 0) is 48.9 Å². The van der Waals surface area contributed by atoms with Gasteiger partial charge >= 0.3 is 0 Å². The summed E-state index contributed by atoms with van der Waals surface area (Å²) in [7, 11) is 0. The highest BCUT2D eigenvalue weighted by Crippen LogP contribution is 2.55. The summed E-state index contributed by atoms with van der Waals surface area (Å²) in [5.41, 5.74) is 0. The Balaban J connectivity index is 1.59. The van der Waals surface area contributed by atoms with Gasteiger partial charge in [0, 0.05) is 0 Å². The maximum Gasteiger partial charge on any atom is -0.0352 e. The summed E-state index contributed by atoms with van der Waals surface area (Å²) in [6.45, 7) is 2.48. The lowest BCUT2D eigenvalue weighted by Crippen LogP contribution is -2.44. The van der Waals surface area contributed by atoms with Crippen LogP contribution >= 0.6 is 0 Å². The first-order valence-electron chi connectivity index (χ1n) is 6.36. The second kappa shape index (κ2) is 3.00. The molecular formula is C13H22. The molecule has 0 heterocycles. The summed E-state index contributed by atoms with van der Waals surface area (Å²) in [5.74, 6) is 5.76. The fourth-order valence-electron chi connectivity index (χ4n) is 3.86. The monoisotopic (exact) mass is 178 g/mol. The van der Waals surface area contributed by atoms with Gasteiger partial charge in [0.1, 0.15) is 0 Å². The topological polar surface area (TPSA) is 0 Å². The van der Waals surface area contributed by atoms with Crippen LogP contribution in [0.5, 0.6) is 0 Å². The van der Waals surface area contributed by atoms with Crippen LogP contribution in [0.3, 0.4) is 0 Å². The Hall–Kier alpha value is 0. The first-order valence-corrected chi connectivity index (χ1v) is 6.36. The van der Waals surface area contributed by atoms with Gasteiger partial charge in [-0.15, -0.1) is 0 Å². The molecule has 3 fully saturated rings. The summed E-state index contributed by atoms with van der Waals surface area (Å²) >= 11 is 0. The molecule has 3 rings (SSSR count). The van der Waals surface area contributed by atoms with Crippen molar-refractivity contribution in [1.29, 1.82) is 0 Å². The van der Waals surface area contributed by atoms with E-state index in [0.717, 1.165) is 11.8 Å². The molecule has 3 saturated carbocycles. The van der Waals surface area contributed by atoms with Gasteiger partial charge in [-0.3, -0.25) is 0 Å². The van der Waals surface area contributed by atoms with Crippen LogP contribution in [0.2, 0.25) is 0 Å². The van der Waals surface area contributed by atoms with E-state index < -0.39 is 0 Å². The van der Waals surface area contributed by atoms with E-state index in [9.17, 15) is 0 Å². The number of hydrogen-bond acceptors (Lipinski definition) is 0. The molecule has 0 bridgehead atoms. The highest BCUT2D eigenvalue weighted by Gasteiger charge is 2.46. The summed E-state index contributed by atoms with van der Waals surface area (Å²) in [5, 5.41) is 0. The molecule has 3 aliphatic rings. The normalized spacial score (nSPS) is 50.5. The average Bonchev–Trinajstić information content (AvgIpc) is 2.01. The van der Waals surface area contributed by atoms with Crippen molar-refractivity contribution < 1.29 is 0 Å². The molecule has 3 aliphatic carbocycles. The van der Waals surface area contributed by atoms with Gasteiger partial charge in [-0.2, -0.15) is 0 Å². The van der Waals surface area contributed by atoms with Crippen LogP contribution < -0.4 is 0 Å². The maximum absolute atomic E-state index is 2.48. The fraction of sp³-hybridized carbons (Fsp3) is 1.00. The molecule has 74 valence electrons. The minimum Gasteiger partial charge on any atom is -0.0622 e. The summed E-state index contributed by atoms with van der Waals surface area (Å²) in [6, 6.07) is 0.